The number of nitrogens with one attached hydrogen (secondary N) is 1. The monoisotopic (exact) mass is 281 g/mol. The van der Waals surface area contributed by atoms with E-state index in [0.717, 1.165) is 19.4 Å². The molecule has 4 atom stereocenters. The summed E-state index contributed by atoms with van der Waals surface area (Å²) in [5.74, 6) is 0.692. The molecule has 102 valence electrons. The molecule has 17 heavy (non-hydrogen) atoms. The molecule has 0 aromatic heterocycles. The van der Waals surface area contributed by atoms with Gasteiger partial charge in [-0.1, -0.05) is 13.8 Å². The molecule has 0 radical (unpaired) electrons. The van der Waals surface area contributed by atoms with E-state index in [1.165, 1.54) is 6.26 Å². The van der Waals surface area contributed by atoms with Crippen LogP contribution in [0, 0.1) is 5.92 Å². The van der Waals surface area contributed by atoms with E-state index < -0.39 is 20.6 Å². The van der Waals surface area contributed by atoms with Crippen molar-refractivity contribution in [3.63, 3.8) is 0 Å². The topological polar surface area (TPSA) is 63.2 Å². The average Bonchev–Trinajstić information content (AvgIpc) is 2.57. The largest absolute Gasteiger partial charge is 0.314 e. The molecule has 4 unspecified atom stereocenters. The van der Waals surface area contributed by atoms with Gasteiger partial charge in [0.05, 0.1) is 5.75 Å². The van der Waals surface area contributed by atoms with E-state index in [9.17, 15) is 12.6 Å². The SMILES string of the molecule is CCNC1CCC(S(=O)CCS(C)(=O)=O)C1C. The highest BCUT2D eigenvalue weighted by Crippen LogP contribution is 2.30. The number of rotatable bonds is 6. The Morgan fingerprint density at radius 2 is 2.00 bits per heavy atom. The molecule has 0 spiro atoms. The predicted molar refractivity (Wildman–Crippen MR) is 72.4 cm³/mol. The maximum atomic E-state index is 12.1. The van der Waals surface area contributed by atoms with Crippen molar-refractivity contribution in [1.29, 1.82) is 0 Å². The Bertz CT molecular complexity index is 367. The van der Waals surface area contributed by atoms with Gasteiger partial charge in [0, 0.05) is 34.1 Å². The molecule has 1 aliphatic carbocycles. The molecular weight excluding hydrogens is 258 g/mol. The second-order valence-electron chi connectivity index (χ2n) is 4.85. The molecule has 4 nitrogen and oxygen atoms in total. The molecule has 0 aromatic carbocycles. The van der Waals surface area contributed by atoms with Crippen LogP contribution < -0.4 is 5.32 Å². The minimum absolute atomic E-state index is 0.0364. The zero-order valence-corrected chi connectivity index (χ0v) is 12.4. The minimum atomic E-state index is -3.00. The highest BCUT2D eigenvalue weighted by molar-refractivity contribution is 7.92. The predicted octanol–water partition coefficient (Wildman–Crippen LogP) is 0.556. The first-order valence-corrected chi connectivity index (χ1v) is 9.57. The third-order valence-electron chi connectivity index (χ3n) is 3.44. The summed E-state index contributed by atoms with van der Waals surface area (Å²) in [4.78, 5) is 0. The van der Waals surface area contributed by atoms with E-state index in [-0.39, 0.29) is 16.8 Å². The van der Waals surface area contributed by atoms with Crippen LogP contribution in [0.25, 0.3) is 0 Å². The Morgan fingerprint density at radius 1 is 1.35 bits per heavy atom. The standard InChI is InChI=1S/C11H23NO3S2/c1-4-12-10-5-6-11(9(10)2)16(13)7-8-17(3,14)15/h9-12H,4-8H2,1-3H3. The quantitative estimate of drug-likeness (QED) is 0.772. The van der Waals surface area contributed by atoms with Crippen LogP contribution in [0.3, 0.4) is 0 Å². The van der Waals surface area contributed by atoms with E-state index in [4.69, 9.17) is 0 Å². The summed E-state index contributed by atoms with van der Waals surface area (Å²) in [5.41, 5.74) is 0. The highest BCUT2D eigenvalue weighted by atomic mass is 32.2. The summed E-state index contributed by atoms with van der Waals surface area (Å²) in [7, 11) is -4.01. The van der Waals surface area contributed by atoms with Crippen molar-refractivity contribution in [3.8, 4) is 0 Å². The highest BCUT2D eigenvalue weighted by Gasteiger charge is 2.35. The first-order valence-electron chi connectivity index (χ1n) is 6.13. The molecule has 0 saturated heterocycles. The number of hydrogen-bond donors (Lipinski definition) is 1. The van der Waals surface area contributed by atoms with Gasteiger partial charge in [0.2, 0.25) is 0 Å². The normalized spacial score (nSPS) is 31.6. The van der Waals surface area contributed by atoms with E-state index >= 15 is 0 Å². The second-order valence-corrected chi connectivity index (χ2v) is 8.89. The van der Waals surface area contributed by atoms with Crippen molar-refractivity contribution in [2.75, 3.05) is 24.3 Å². The molecule has 6 heteroatoms. The van der Waals surface area contributed by atoms with Crippen molar-refractivity contribution in [2.24, 2.45) is 5.92 Å². The van der Waals surface area contributed by atoms with Crippen LogP contribution in [0.5, 0.6) is 0 Å². The Morgan fingerprint density at radius 3 is 2.53 bits per heavy atom. The minimum Gasteiger partial charge on any atom is -0.314 e. The van der Waals surface area contributed by atoms with E-state index in [0.29, 0.717) is 12.0 Å². The van der Waals surface area contributed by atoms with Crippen molar-refractivity contribution < 1.29 is 12.6 Å². The van der Waals surface area contributed by atoms with Crippen LogP contribution in [0.15, 0.2) is 0 Å². The van der Waals surface area contributed by atoms with Gasteiger partial charge in [-0.25, -0.2) is 8.42 Å². The van der Waals surface area contributed by atoms with Crippen molar-refractivity contribution in [3.05, 3.63) is 0 Å². The van der Waals surface area contributed by atoms with Crippen LogP contribution in [-0.2, 0) is 20.6 Å². The molecule has 1 aliphatic rings. The molecule has 1 saturated carbocycles. The first kappa shape index (κ1) is 15.1. The lowest BCUT2D eigenvalue weighted by atomic mass is 10.1. The van der Waals surface area contributed by atoms with Gasteiger partial charge in [-0.15, -0.1) is 0 Å². The van der Waals surface area contributed by atoms with Crippen LogP contribution in [-0.4, -0.2) is 48.2 Å². The molecule has 1 rings (SSSR count). The molecule has 1 N–H and O–H groups in total. The van der Waals surface area contributed by atoms with E-state index in [1.54, 1.807) is 0 Å². The Labute approximate surface area is 107 Å². The van der Waals surface area contributed by atoms with Crippen LogP contribution in [0.4, 0.5) is 0 Å². The maximum Gasteiger partial charge on any atom is 0.148 e. The van der Waals surface area contributed by atoms with Gasteiger partial charge in [0.25, 0.3) is 0 Å². The maximum absolute atomic E-state index is 12.1. The number of hydrogen-bond acceptors (Lipinski definition) is 4. The first-order chi connectivity index (χ1) is 7.85. The van der Waals surface area contributed by atoms with Crippen molar-refractivity contribution in [2.45, 2.75) is 38.0 Å². The molecule has 0 aromatic rings. The lowest BCUT2D eigenvalue weighted by Crippen LogP contribution is -2.35. The fraction of sp³-hybridized carbons (Fsp3) is 1.00. The van der Waals surface area contributed by atoms with Gasteiger partial charge in [0.1, 0.15) is 9.84 Å². The van der Waals surface area contributed by atoms with Gasteiger partial charge in [-0.05, 0) is 25.3 Å². The van der Waals surface area contributed by atoms with E-state index in [1.807, 2.05) is 0 Å². The summed E-state index contributed by atoms with van der Waals surface area (Å²) in [6.45, 7) is 5.11. The molecule has 1 fully saturated rings. The molecule has 0 amide bonds. The van der Waals surface area contributed by atoms with Gasteiger partial charge in [-0.2, -0.15) is 0 Å². The van der Waals surface area contributed by atoms with Gasteiger partial charge >= 0.3 is 0 Å². The van der Waals surface area contributed by atoms with Gasteiger partial charge < -0.3 is 5.32 Å². The summed E-state index contributed by atoms with van der Waals surface area (Å²) < 4.78 is 34.2. The second kappa shape index (κ2) is 6.29. The summed E-state index contributed by atoms with van der Waals surface area (Å²) in [6, 6.07) is 0.437. The molecule has 0 heterocycles. The Hall–Kier alpha value is 0.0600. The summed E-state index contributed by atoms with van der Waals surface area (Å²) >= 11 is 0. The average molecular weight is 281 g/mol. The summed E-state index contributed by atoms with van der Waals surface area (Å²) in [6.07, 6.45) is 3.18. The van der Waals surface area contributed by atoms with Gasteiger partial charge in [-0.3, -0.25) is 4.21 Å². The fourth-order valence-corrected chi connectivity index (χ4v) is 5.67. The lowest BCUT2D eigenvalue weighted by Gasteiger charge is -2.20. The smallest absolute Gasteiger partial charge is 0.148 e. The molecule has 0 bridgehead atoms. The third kappa shape index (κ3) is 4.67. The van der Waals surface area contributed by atoms with E-state index in [2.05, 4.69) is 19.2 Å². The third-order valence-corrected chi connectivity index (χ3v) is 6.59. The van der Waals surface area contributed by atoms with Crippen LogP contribution >= 0.6 is 0 Å². The summed E-state index contributed by atoms with van der Waals surface area (Å²) in [5, 5.41) is 3.55. The molecular formula is C11H23NO3S2. The Balaban J connectivity index is 2.49. The van der Waals surface area contributed by atoms with Crippen molar-refractivity contribution in [1.82, 2.24) is 5.32 Å². The van der Waals surface area contributed by atoms with Gasteiger partial charge in [0.15, 0.2) is 0 Å². The fourth-order valence-electron chi connectivity index (χ4n) is 2.43. The van der Waals surface area contributed by atoms with Crippen LogP contribution in [0.1, 0.15) is 26.7 Å². The van der Waals surface area contributed by atoms with Crippen molar-refractivity contribution >= 4 is 20.6 Å². The lowest BCUT2D eigenvalue weighted by molar-refractivity contribution is 0.439. The van der Waals surface area contributed by atoms with Crippen LogP contribution in [0.2, 0.25) is 0 Å². The zero-order chi connectivity index (χ0) is 13.1. The number of sulfone groups is 1. The zero-order valence-electron chi connectivity index (χ0n) is 10.8. The Kier molecular flexibility index (Phi) is 5.60. The molecule has 0 aliphatic heterocycles.